The first-order valence-corrected chi connectivity index (χ1v) is 6.95. The van der Waals surface area contributed by atoms with E-state index in [-0.39, 0.29) is 22.9 Å². The van der Waals surface area contributed by atoms with Crippen LogP contribution < -0.4 is 4.74 Å². The Kier molecular flexibility index (Phi) is 4.51. The number of hydrogen-bond acceptors (Lipinski definition) is 4. The number of cyclic esters (lactones) is 1. The maximum Gasteiger partial charge on any atom is 0.387 e. The SMILES string of the molecule is O=C1OC(c2ccc(OC(F)F)cc2)=N/C1=C/c1ccc(F)c(F)c1. The molecule has 0 amide bonds. The van der Waals surface area contributed by atoms with E-state index in [0.29, 0.717) is 5.56 Å². The molecule has 0 bridgehead atoms. The minimum absolute atomic E-state index is 0.0394. The fourth-order valence-corrected chi connectivity index (χ4v) is 2.07. The lowest BCUT2D eigenvalue weighted by Gasteiger charge is -2.04. The van der Waals surface area contributed by atoms with Gasteiger partial charge in [0.1, 0.15) is 5.75 Å². The Morgan fingerprint density at radius 3 is 2.40 bits per heavy atom. The fourth-order valence-electron chi connectivity index (χ4n) is 2.07. The summed E-state index contributed by atoms with van der Waals surface area (Å²) in [5, 5.41) is 0. The third-order valence-electron chi connectivity index (χ3n) is 3.19. The van der Waals surface area contributed by atoms with Crippen LogP contribution in [0.4, 0.5) is 17.6 Å². The Morgan fingerprint density at radius 1 is 1.04 bits per heavy atom. The predicted molar refractivity (Wildman–Crippen MR) is 80.0 cm³/mol. The van der Waals surface area contributed by atoms with Crippen LogP contribution in [-0.2, 0) is 9.53 Å². The van der Waals surface area contributed by atoms with Gasteiger partial charge in [-0.15, -0.1) is 0 Å². The number of rotatable bonds is 4. The molecule has 4 nitrogen and oxygen atoms in total. The van der Waals surface area contributed by atoms with Crippen LogP contribution in [0.3, 0.4) is 0 Å². The number of nitrogens with zero attached hydrogens (tertiary/aromatic N) is 1. The number of halogens is 4. The summed E-state index contributed by atoms with van der Waals surface area (Å²) in [6.07, 6.45) is 1.24. The minimum Gasteiger partial charge on any atom is -0.435 e. The number of aliphatic imine (C=N–C) groups is 1. The zero-order chi connectivity index (χ0) is 18.0. The highest BCUT2D eigenvalue weighted by atomic mass is 19.3. The Balaban J connectivity index is 1.84. The molecule has 1 aliphatic rings. The molecule has 0 saturated carbocycles. The molecule has 2 aromatic rings. The zero-order valence-electron chi connectivity index (χ0n) is 12.4. The molecule has 0 fully saturated rings. The van der Waals surface area contributed by atoms with E-state index in [0.717, 1.165) is 12.1 Å². The van der Waals surface area contributed by atoms with E-state index in [1.807, 2.05) is 0 Å². The Morgan fingerprint density at radius 2 is 1.76 bits per heavy atom. The van der Waals surface area contributed by atoms with Crippen molar-refractivity contribution in [2.75, 3.05) is 0 Å². The van der Waals surface area contributed by atoms with Gasteiger partial charge in [-0.1, -0.05) is 6.07 Å². The van der Waals surface area contributed by atoms with Gasteiger partial charge in [-0.25, -0.2) is 18.6 Å². The molecular weight excluding hydrogens is 342 g/mol. The third-order valence-corrected chi connectivity index (χ3v) is 3.19. The summed E-state index contributed by atoms with van der Waals surface area (Å²) in [5.74, 6) is -2.93. The quantitative estimate of drug-likeness (QED) is 0.477. The summed E-state index contributed by atoms with van der Waals surface area (Å²) < 4.78 is 59.5. The summed E-state index contributed by atoms with van der Waals surface area (Å²) in [6, 6.07) is 8.45. The van der Waals surface area contributed by atoms with Crippen molar-refractivity contribution < 1.29 is 31.8 Å². The van der Waals surface area contributed by atoms with Crippen molar-refractivity contribution in [1.29, 1.82) is 0 Å². The normalized spacial score (nSPS) is 15.5. The molecule has 1 aliphatic heterocycles. The maximum absolute atomic E-state index is 13.2. The monoisotopic (exact) mass is 351 g/mol. The number of esters is 1. The Labute approximate surface area is 139 Å². The van der Waals surface area contributed by atoms with Gasteiger partial charge in [0.05, 0.1) is 0 Å². The van der Waals surface area contributed by atoms with Crippen molar-refractivity contribution in [3.8, 4) is 5.75 Å². The van der Waals surface area contributed by atoms with Crippen molar-refractivity contribution in [3.05, 3.63) is 70.9 Å². The highest BCUT2D eigenvalue weighted by Crippen LogP contribution is 2.22. The maximum atomic E-state index is 13.2. The van der Waals surface area contributed by atoms with E-state index in [1.165, 1.54) is 36.4 Å². The van der Waals surface area contributed by atoms with Crippen LogP contribution in [0.1, 0.15) is 11.1 Å². The average Bonchev–Trinajstić information content (AvgIpc) is 2.92. The number of benzene rings is 2. The molecule has 8 heteroatoms. The number of hydrogen-bond donors (Lipinski definition) is 0. The minimum atomic E-state index is -2.95. The Bertz CT molecular complexity index is 876. The van der Waals surface area contributed by atoms with Gasteiger partial charge in [-0.05, 0) is 48.0 Å². The smallest absolute Gasteiger partial charge is 0.387 e. The molecular formula is C17H9F4NO3. The van der Waals surface area contributed by atoms with Gasteiger partial charge in [0.25, 0.3) is 0 Å². The van der Waals surface area contributed by atoms with Crippen molar-refractivity contribution in [1.82, 2.24) is 0 Å². The third kappa shape index (κ3) is 3.85. The predicted octanol–water partition coefficient (Wildman–Crippen LogP) is 3.91. The highest BCUT2D eigenvalue weighted by Gasteiger charge is 2.24. The Hall–Kier alpha value is -3.16. The lowest BCUT2D eigenvalue weighted by Crippen LogP contribution is -2.06. The van der Waals surface area contributed by atoms with Crippen LogP contribution in [0.25, 0.3) is 6.08 Å². The molecule has 2 aromatic carbocycles. The molecule has 0 saturated heterocycles. The van der Waals surface area contributed by atoms with Crippen LogP contribution in [0, 0.1) is 11.6 Å². The van der Waals surface area contributed by atoms with Crippen LogP contribution in [0.2, 0.25) is 0 Å². The second-order valence-electron chi connectivity index (χ2n) is 4.91. The van der Waals surface area contributed by atoms with Gasteiger partial charge in [-0.2, -0.15) is 8.78 Å². The molecule has 25 heavy (non-hydrogen) atoms. The molecule has 0 aromatic heterocycles. The number of carbonyl (C=O) groups is 1. The van der Waals surface area contributed by atoms with Crippen molar-refractivity contribution in [2.45, 2.75) is 6.61 Å². The first kappa shape index (κ1) is 16.7. The van der Waals surface area contributed by atoms with Crippen LogP contribution in [0.5, 0.6) is 5.75 Å². The van der Waals surface area contributed by atoms with Gasteiger partial charge in [0, 0.05) is 5.56 Å². The fraction of sp³-hybridized carbons (Fsp3) is 0.0588. The number of ether oxygens (including phenoxy) is 2. The summed E-state index contributed by atoms with van der Waals surface area (Å²) in [7, 11) is 0. The van der Waals surface area contributed by atoms with Crippen LogP contribution in [0.15, 0.2) is 53.2 Å². The van der Waals surface area contributed by atoms with E-state index in [2.05, 4.69) is 9.73 Å². The molecule has 0 atom stereocenters. The summed E-state index contributed by atoms with van der Waals surface area (Å²) >= 11 is 0. The molecule has 128 valence electrons. The number of carbonyl (C=O) groups excluding carboxylic acids is 1. The molecule has 3 rings (SSSR count). The van der Waals surface area contributed by atoms with Crippen molar-refractivity contribution in [2.24, 2.45) is 4.99 Å². The summed E-state index contributed by atoms with van der Waals surface area (Å²) in [5.41, 5.74) is 0.495. The van der Waals surface area contributed by atoms with Gasteiger partial charge in [0.2, 0.25) is 5.90 Å². The number of alkyl halides is 2. The first-order chi connectivity index (χ1) is 11.9. The lowest BCUT2D eigenvalue weighted by atomic mass is 10.2. The van der Waals surface area contributed by atoms with E-state index in [1.54, 1.807) is 0 Å². The van der Waals surface area contributed by atoms with Gasteiger partial charge < -0.3 is 9.47 Å². The molecule has 0 unspecified atom stereocenters. The summed E-state index contributed by atoms with van der Waals surface area (Å²) in [4.78, 5) is 15.8. The standard InChI is InChI=1S/C17H9F4NO3/c18-12-6-1-9(7-13(12)19)8-14-16(23)25-15(22-14)10-2-4-11(5-3-10)24-17(20)21/h1-8,17H/b14-8+. The lowest BCUT2D eigenvalue weighted by molar-refractivity contribution is -0.129. The largest absolute Gasteiger partial charge is 0.435 e. The van der Waals surface area contributed by atoms with E-state index in [4.69, 9.17) is 4.74 Å². The molecule has 0 N–H and O–H groups in total. The molecule has 0 radical (unpaired) electrons. The average molecular weight is 351 g/mol. The molecule has 0 aliphatic carbocycles. The highest BCUT2D eigenvalue weighted by molar-refractivity contribution is 6.12. The van der Waals surface area contributed by atoms with Gasteiger partial charge in [0.15, 0.2) is 17.3 Å². The molecule has 0 spiro atoms. The summed E-state index contributed by atoms with van der Waals surface area (Å²) in [6.45, 7) is -2.95. The van der Waals surface area contributed by atoms with Crippen molar-refractivity contribution >= 4 is 17.9 Å². The second kappa shape index (κ2) is 6.76. The van der Waals surface area contributed by atoms with E-state index >= 15 is 0 Å². The topological polar surface area (TPSA) is 47.9 Å². The van der Waals surface area contributed by atoms with Gasteiger partial charge in [-0.3, -0.25) is 0 Å². The van der Waals surface area contributed by atoms with E-state index in [9.17, 15) is 22.4 Å². The van der Waals surface area contributed by atoms with Gasteiger partial charge >= 0.3 is 12.6 Å². The van der Waals surface area contributed by atoms with Crippen LogP contribution in [-0.4, -0.2) is 18.5 Å². The first-order valence-electron chi connectivity index (χ1n) is 6.95. The van der Waals surface area contributed by atoms with Crippen LogP contribution >= 0.6 is 0 Å². The van der Waals surface area contributed by atoms with E-state index < -0.39 is 24.2 Å². The second-order valence-corrected chi connectivity index (χ2v) is 4.91. The van der Waals surface area contributed by atoms with Crippen molar-refractivity contribution in [3.63, 3.8) is 0 Å². The zero-order valence-corrected chi connectivity index (χ0v) is 12.4. The molecule has 1 heterocycles.